The number of hydrogen-bond acceptors (Lipinski definition) is 2. The normalized spacial score (nSPS) is 15.0. The zero-order valence-electron chi connectivity index (χ0n) is 5.23. The van der Waals surface area contributed by atoms with Crippen molar-refractivity contribution in [2.45, 2.75) is 20.0 Å². The lowest BCUT2D eigenvalue weighted by molar-refractivity contribution is 0.440. The average Bonchev–Trinajstić information content (AvgIpc) is 1.65. The highest BCUT2D eigenvalue weighted by atomic mass is 15.0. The maximum Gasteiger partial charge on any atom is 0.0567 e. The summed E-state index contributed by atoms with van der Waals surface area (Å²) in [6.07, 6.45) is 0.153. The van der Waals surface area contributed by atoms with Gasteiger partial charge in [0.1, 0.15) is 0 Å². The first-order valence-corrected chi connectivity index (χ1v) is 2.61. The second-order valence-corrected chi connectivity index (χ2v) is 2.06. The van der Waals surface area contributed by atoms with Crippen LogP contribution in [0.2, 0.25) is 0 Å². The van der Waals surface area contributed by atoms with E-state index in [1.807, 2.05) is 7.05 Å². The first-order valence-electron chi connectivity index (χ1n) is 2.61. The molecule has 0 rings (SSSR count). The van der Waals surface area contributed by atoms with Crippen molar-refractivity contribution in [3.05, 3.63) is 0 Å². The van der Waals surface area contributed by atoms with E-state index in [2.05, 4.69) is 19.2 Å². The van der Waals surface area contributed by atoms with Crippen molar-refractivity contribution >= 4 is 0 Å². The van der Waals surface area contributed by atoms with Gasteiger partial charge in [0.25, 0.3) is 0 Å². The lowest BCUT2D eigenvalue weighted by Gasteiger charge is -2.12. The highest BCUT2D eigenvalue weighted by Gasteiger charge is 2.00. The summed E-state index contributed by atoms with van der Waals surface area (Å²) in [7, 11) is 1.87. The van der Waals surface area contributed by atoms with Gasteiger partial charge in [0.15, 0.2) is 0 Å². The predicted octanol–water partition coefficient (Wildman–Crippen LogP) is 0.147. The van der Waals surface area contributed by atoms with Crippen LogP contribution in [-0.2, 0) is 0 Å². The molecule has 0 amide bonds. The van der Waals surface area contributed by atoms with Crippen LogP contribution in [0.4, 0.5) is 0 Å². The van der Waals surface area contributed by atoms with Gasteiger partial charge in [-0.05, 0) is 13.0 Å². The molecule has 0 aliphatic heterocycles. The van der Waals surface area contributed by atoms with Gasteiger partial charge < -0.3 is 11.1 Å². The SMILES string of the molecule is CNC(N)C(C)C. The van der Waals surface area contributed by atoms with Crippen LogP contribution >= 0.6 is 0 Å². The molecule has 0 aliphatic rings. The Balaban J connectivity index is 3.14. The molecule has 0 heterocycles. The standard InChI is InChI=1S/C5H14N2/c1-4(2)5(6)7-3/h4-5,7H,6H2,1-3H3. The Kier molecular flexibility index (Phi) is 2.96. The summed E-state index contributed by atoms with van der Waals surface area (Å²) in [5, 5.41) is 2.94. The Hall–Kier alpha value is -0.0800. The third kappa shape index (κ3) is 2.60. The van der Waals surface area contributed by atoms with E-state index in [0.717, 1.165) is 0 Å². The zero-order chi connectivity index (χ0) is 5.86. The summed E-state index contributed by atoms with van der Waals surface area (Å²) in [6.45, 7) is 4.17. The minimum Gasteiger partial charge on any atom is -0.316 e. The lowest BCUT2D eigenvalue weighted by atomic mass is 10.2. The molecular formula is C5H14N2. The molecule has 0 aromatic heterocycles. The number of rotatable bonds is 2. The van der Waals surface area contributed by atoms with E-state index in [-0.39, 0.29) is 6.17 Å². The third-order valence-electron chi connectivity index (χ3n) is 1.05. The molecule has 0 saturated carbocycles. The fourth-order valence-corrected chi connectivity index (χ4v) is 0.333. The molecule has 2 nitrogen and oxygen atoms in total. The minimum absolute atomic E-state index is 0.153. The molecule has 3 N–H and O–H groups in total. The van der Waals surface area contributed by atoms with Crippen LogP contribution in [0.15, 0.2) is 0 Å². The van der Waals surface area contributed by atoms with E-state index < -0.39 is 0 Å². The Morgan fingerprint density at radius 2 is 1.86 bits per heavy atom. The minimum atomic E-state index is 0.153. The van der Waals surface area contributed by atoms with Crippen LogP contribution in [0, 0.1) is 5.92 Å². The molecule has 1 unspecified atom stereocenters. The first-order chi connectivity index (χ1) is 3.18. The summed E-state index contributed by atoms with van der Waals surface area (Å²) in [4.78, 5) is 0. The van der Waals surface area contributed by atoms with Crippen molar-refractivity contribution in [2.75, 3.05) is 7.05 Å². The van der Waals surface area contributed by atoms with E-state index >= 15 is 0 Å². The van der Waals surface area contributed by atoms with Crippen LogP contribution in [-0.4, -0.2) is 13.2 Å². The molecule has 0 fully saturated rings. The van der Waals surface area contributed by atoms with Gasteiger partial charge in [0.2, 0.25) is 0 Å². The lowest BCUT2D eigenvalue weighted by Crippen LogP contribution is -2.38. The van der Waals surface area contributed by atoms with Crippen molar-refractivity contribution in [3.63, 3.8) is 0 Å². The van der Waals surface area contributed by atoms with Crippen LogP contribution in [0.3, 0.4) is 0 Å². The van der Waals surface area contributed by atoms with E-state index in [1.54, 1.807) is 0 Å². The molecule has 0 radical (unpaired) electrons. The van der Waals surface area contributed by atoms with Gasteiger partial charge in [-0.3, -0.25) is 0 Å². The maximum absolute atomic E-state index is 5.50. The fraction of sp³-hybridized carbons (Fsp3) is 1.00. The summed E-state index contributed by atoms with van der Waals surface area (Å²) in [5.74, 6) is 0.532. The molecular weight excluding hydrogens is 88.1 g/mol. The van der Waals surface area contributed by atoms with Crippen molar-refractivity contribution in [1.29, 1.82) is 0 Å². The van der Waals surface area contributed by atoms with Gasteiger partial charge in [-0.1, -0.05) is 13.8 Å². The fourth-order valence-electron chi connectivity index (χ4n) is 0.333. The Labute approximate surface area is 45.1 Å². The highest BCUT2D eigenvalue weighted by molar-refractivity contribution is 4.57. The molecule has 1 atom stereocenters. The van der Waals surface area contributed by atoms with Crippen LogP contribution in [0.25, 0.3) is 0 Å². The Bertz CT molecular complexity index is 43.3. The van der Waals surface area contributed by atoms with Gasteiger partial charge in [-0.2, -0.15) is 0 Å². The van der Waals surface area contributed by atoms with Crippen molar-refractivity contribution < 1.29 is 0 Å². The van der Waals surface area contributed by atoms with Gasteiger partial charge in [0, 0.05) is 0 Å². The van der Waals surface area contributed by atoms with Crippen LogP contribution in [0.1, 0.15) is 13.8 Å². The van der Waals surface area contributed by atoms with E-state index in [0.29, 0.717) is 5.92 Å². The van der Waals surface area contributed by atoms with Crippen molar-refractivity contribution in [3.8, 4) is 0 Å². The molecule has 44 valence electrons. The average molecular weight is 102 g/mol. The Morgan fingerprint density at radius 1 is 1.43 bits per heavy atom. The smallest absolute Gasteiger partial charge is 0.0567 e. The van der Waals surface area contributed by atoms with Crippen molar-refractivity contribution in [1.82, 2.24) is 5.32 Å². The quantitative estimate of drug-likeness (QED) is 0.487. The largest absolute Gasteiger partial charge is 0.316 e. The number of nitrogens with two attached hydrogens (primary N) is 1. The molecule has 0 bridgehead atoms. The van der Waals surface area contributed by atoms with Crippen LogP contribution < -0.4 is 11.1 Å². The third-order valence-corrected chi connectivity index (χ3v) is 1.05. The van der Waals surface area contributed by atoms with Crippen molar-refractivity contribution in [2.24, 2.45) is 11.7 Å². The topological polar surface area (TPSA) is 38.0 Å². The number of hydrogen-bond donors (Lipinski definition) is 2. The molecule has 0 aromatic carbocycles. The first kappa shape index (κ1) is 6.92. The van der Waals surface area contributed by atoms with E-state index in [9.17, 15) is 0 Å². The highest BCUT2D eigenvalue weighted by Crippen LogP contribution is 1.91. The second-order valence-electron chi connectivity index (χ2n) is 2.06. The van der Waals surface area contributed by atoms with Gasteiger partial charge in [0.05, 0.1) is 6.17 Å². The van der Waals surface area contributed by atoms with E-state index in [4.69, 9.17) is 5.73 Å². The maximum atomic E-state index is 5.50. The molecule has 2 heteroatoms. The molecule has 0 saturated heterocycles. The summed E-state index contributed by atoms with van der Waals surface area (Å²) in [6, 6.07) is 0. The molecule has 0 spiro atoms. The van der Waals surface area contributed by atoms with E-state index in [1.165, 1.54) is 0 Å². The summed E-state index contributed by atoms with van der Waals surface area (Å²) < 4.78 is 0. The van der Waals surface area contributed by atoms with Gasteiger partial charge >= 0.3 is 0 Å². The summed E-state index contributed by atoms with van der Waals surface area (Å²) >= 11 is 0. The molecule has 0 aromatic rings. The van der Waals surface area contributed by atoms with Gasteiger partial charge in [-0.25, -0.2) is 0 Å². The number of nitrogens with one attached hydrogen (secondary N) is 1. The Morgan fingerprint density at radius 3 is 1.86 bits per heavy atom. The monoisotopic (exact) mass is 102 g/mol. The molecule has 7 heavy (non-hydrogen) atoms. The zero-order valence-corrected chi connectivity index (χ0v) is 5.23. The van der Waals surface area contributed by atoms with Crippen LogP contribution in [0.5, 0.6) is 0 Å². The molecule has 0 aliphatic carbocycles. The predicted molar refractivity (Wildman–Crippen MR) is 31.9 cm³/mol. The summed E-state index contributed by atoms with van der Waals surface area (Å²) in [5.41, 5.74) is 5.50. The second kappa shape index (κ2) is 2.99. The van der Waals surface area contributed by atoms with Gasteiger partial charge in [-0.15, -0.1) is 0 Å².